The van der Waals surface area contributed by atoms with Gasteiger partial charge in [-0.3, -0.25) is 9.59 Å². The van der Waals surface area contributed by atoms with Gasteiger partial charge in [-0.05, 0) is 33.1 Å². The first-order valence-corrected chi connectivity index (χ1v) is 8.23. The van der Waals surface area contributed by atoms with Crippen LogP contribution < -0.4 is 0 Å². The fraction of sp³-hybridized carbons (Fsp3) is 0.706. The van der Waals surface area contributed by atoms with Gasteiger partial charge >= 0.3 is 5.97 Å². The van der Waals surface area contributed by atoms with E-state index in [-0.39, 0.29) is 30.8 Å². The number of hydrogen-bond acceptors (Lipinski definition) is 4. The molecule has 128 valence electrons. The minimum atomic E-state index is -0.507. The van der Waals surface area contributed by atoms with Crippen molar-refractivity contribution in [3.8, 4) is 0 Å². The highest BCUT2D eigenvalue weighted by Crippen LogP contribution is 2.27. The largest absolute Gasteiger partial charge is 0.460 e. The molecule has 6 nitrogen and oxygen atoms in total. The van der Waals surface area contributed by atoms with Gasteiger partial charge < -0.3 is 14.2 Å². The molecule has 1 aromatic heterocycles. The quantitative estimate of drug-likeness (QED) is 0.799. The number of aromatic nitrogens is 2. The molecule has 0 radical (unpaired) electrons. The fourth-order valence-corrected chi connectivity index (χ4v) is 2.89. The number of piperidine rings is 1. The first-order chi connectivity index (χ1) is 10.8. The van der Waals surface area contributed by atoms with Gasteiger partial charge in [0.05, 0.1) is 18.8 Å². The van der Waals surface area contributed by atoms with Gasteiger partial charge in [0.25, 0.3) is 0 Å². The second-order valence-electron chi connectivity index (χ2n) is 7.27. The Morgan fingerprint density at radius 3 is 2.65 bits per heavy atom. The van der Waals surface area contributed by atoms with Gasteiger partial charge in [-0.2, -0.15) is 0 Å². The van der Waals surface area contributed by atoms with E-state index < -0.39 is 5.60 Å². The van der Waals surface area contributed by atoms with Gasteiger partial charge in [0, 0.05) is 31.9 Å². The van der Waals surface area contributed by atoms with Gasteiger partial charge in [0.2, 0.25) is 5.91 Å². The monoisotopic (exact) mass is 321 g/mol. The molecular weight excluding hydrogens is 294 g/mol. The normalized spacial score (nSPS) is 22.0. The van der Waals surface area contributed by atoms with E-state index in [0.717, 1.165) is 13.0 Å². The van der Waals surface area contributed by atoms with Crippen molar-refractivity contribution < 1.29 is 14.3 Å². The molecule has 23 heavy (non-hydrogen) atoms. The number of imidazole rings is 1. The van der Waals surface area contributed by atoms with Crippen molar-refractivity contribution in [2.45, 2.75) is 58.6 Å². The van der Waals surface area contributed by atoms with Crippen LogP contribution in [0.3, 0.4) is 0 Å². The summed E-state index contributed by atoms with van der Waals surface area (Å²) in [6.45, 7) is 9.11. The minimum Gasteiger partial charge on any atom is -0.460 e. The molecule has 0 spiro atoms. The molecule has 1 aliphatic rings. The molecule has 1 amide bonds. The van der Waals surface area contributed by atoms with E-state index >= 15 is 0 Å². The number of amides is 1. The Balaban J connectivity index is 1.86. The molecule has 2 unspecified atom stereocenters. The molecule has 1 aromatic rings. The molecule has 0 saturated carbocycles. The maximum atomic E-state index is 12.4. The van der Waals surface area contributed by atoms with E-state index in [9.17, 15) is 9.59 Å². The van der Waals surface area contributed by atoms with Gasteiger partial charge in [-0.15, -0.1) is 0 Å². The second kappa shape index (κ2) is 7.15. The predicted molar refractivity (Wildman–Crippen MR) is 86.7 cm³/mol. The Morgan fingerprint density at radius 2 is 2.04 bits per heavy atom. The lowest BCUT2D eigenvalue weighted by molar-refractivity contribution is -0.156. The van der Waals surface area contributed by atoms with E-state index in [4.69, 9.17) is 4.74 Å². The molecule has 1 saturated heterocycles. The van der Waals surface area contributed by atoms with E-state index in [2.05, 4.69) is 16.5 Å². The number of esters is 1. The molecule has 0 N–H and O–H groups in total. The summed E-state index contributed by atoms with van der Waals surface area (Å²) in [7, 11) is 0. The lowest BCUT2D eigenvalue weighted by atomic mass is 9.93. The van der Waals surface area contributed by atoms with Crippen molar-refractivity contribution >= 4 is 11.9 Å². The average molecular weight is 321 g/mol. The molecule has 2 heterocycles. The maximum Gasteiger partial charge on any atom is 0.306 e. The summed E-state index contributed by atoms with van der Waals surface area (Å²) < 4.78 is 7.32. The topological polar surface area (TPSA) is 64.4 Å². The summed E-state index contributed by atoms with van der Waals surface area (Å²) in [4.78, 5) is 30.1. The van der Waals surface area contributed by atoms with Crippen molar-refractivity contribution in [2.75, 3.05) is 13.1 Å². The molecule has 0 aromatic carbocycles. The Kier molecular flexibility index (Phi) is 5.44. The van der Waals surface area contributed by atoms with Crippen LogP contribution in [0.2, 0.25) is 0 Å². The van der Waals surface area contributed by atoms with Crippen LogP contribution in [0.5, 0.6) is 0 Å². The molecule has 1 fully saturated rings. The lowest BCUT2D eigenvalue weighted by Crippen LogP contribution is -2.43. The van der Waals surface area contributed by atoms with Gasteiger partial charge in [0.1, 0.15) is 5.60 Å². The molecule has 2 rings (SSSR count). The van der Waals surface area contributed by atoms with Crippen molar-refractivity contribution in [2.24, 2.45) is 5.92 Å². The van der Waals surface area contributed by atoms with Crippen molar-refractivity contribution in [3.63, 3.8) is 0 Å². The zero-order chi connectivity index (χ0) is 17.0. The lowest BCUT2D eigenvalue weighted by Gasteiger charge is -2.37. The van der Waals surface area contributed by atoms with Crippen LogP contribution in [0.25, 0.3) is 0 Å². The Bertz CT molecular complexity index is 534. The van der Waals surface area contributed by atoms with E-state index in [0.29, 0.717) is 12.5 Å². The highest BCUT2D eigenvalue weighted by Gasteiger charge is 2.30. The summed E-state index contributed by atoms with van der Waals surface area (Å²) in [6, 6.07) is 0.247. The summed E-state index contributed by atoms with van der Waals surface area (Å²) in [5.74, 6) is 0.203. The standard InChI is InChI=1S/C17H27N3O3/c1-13-7-9-19(11-14(13)20-10-8-18-12-20)15(21)5-6-16(22)23-17(2,3)4/h8,10,12-14H,5-7,9,11H2,1-4H3. The van der Waals surface area contributed by atoms with Crippen LogP contribution in [0.15, 0.2) is 18.7 Å². The molecular formula is C17H27N3O3. The Morgan fingerprint density at radius 1 is 1.30 bits per heavy atom. The number of hydrogen-bond donors (Lipinski definition) is 0. The molecule has 6 heteroatoms. The van der Waals surface area contributed by atoms with Gasteiger partial charge in [-0.25, -0.2) is 4.98 Å². The van der Waals surface area contributed by atoms with Gasteiger partial charge in [0.15, 0.2) is 0 Å². The van der Waals surface area contributed by atoms with Crippen LogP contribution in [-0.4, -0.2) is 45.0 Å². The zero-order valence-corrected chi connectivity index (χ0v) is 14.5. The number of nitrogens with zero attached hydrogens (tertiary/aromatic N) is 3. The van der Waals surface area contributed by atoms with Crippen molar-refractivity contribution in [3.05, 3.63) is 18.7 Å². The first-order valence-electron chi connectivity index (χ1n) is 8.23. The number of likely N-dealkylation sites (tertiary alicyclic amines) is 1. The molecule has 0 aliphatic carbocycles. The highest BCUT2D eigenvalue weighted by atomic mass is 16.6. The molecule has 1 aliphatic heterocycles. The van der Waals surface area contributed by atoms with E-state index in [1.807, 2.05) is 31.9 Å². The molecule has 0 bridgehead atoms. The Labute approximate surface area is 137 Å². The summed E-state index contributed by atoms with van der Waals surface area (Å²) in [5.41, 5.74) is -0.507. The third-order valence-electron chi connectivity index (χ3n) is 4.14. The van der Waals surface area contributed by atoms with Crippen molar-refractivity contribution in [1.82, 2.24) is 14.5 Å². The van der Waals surface area contributed by atoms with Crippen LogP contribution >= 0.6 is 0 Å². The SMILES string of the molecule is CC1CCN(C(=O)CCC(=O)OC(C)(C)C)CC1n1ccnc1. The van der Waals surface area contributed by atoms with Crippen LogP contribution in [0.4, 0.5) is 0 Å². The van der Waals surface area contributed by atoms with Gasteiger partial charge in [-0.1, -0.05) is 6.92 Å². The summed E-state index contributed by atoms with van der Waals surface area (Å²) >= 11 is 0. The summed E-state index contributed by atoms with van der Waals surface area (Å²) in [5, 5.41) is 0. The highest BCUT2D eigenvalue weighted by molar-refractivity contribution is 5.81. The first kappa shape index (κ1) is 17.5. The second-order valence-corrected chi connectivity index (χ2v) is 7.27. The number of ether oxygens (including phenoxy) is 1. The van der Waals surface area contributed by atoms with Crippen LogP contribution in [0, 0.1) is 5.92 Å². The van der Waals surface area contributed by atoms with Crippen LogP contribution in [0.1, 0.15) is 53.0 Å². The van der Waals surface area contributed by atoms with E-state index in [1.54, 1.807) is 12.5 Å². The fourth-order valence-electron chi connectivity index (χ4n) is 2.89. The summed E-state index contributed by atoms with van der Waals surface area (Å²) in [6.07, 6.45) is 6.81. The van der Waals surface area contributed by atoms with Crippen LogP contribution in [-0.2, 0) is 14.3 Å². The number of carbonyl (C=O) groups excluding carboxylic acids is 2. The Hall–Kier alpha value is -1.85. The zero-order valence-electron chi connectivity index (χ0n) is 14.5. The minimum absolute atomic E-state index is 0.0212. The molecule has 2 atom stereocenters. The third-order valence-corrected chi connectivity index (χ3v) is 4.14. The van der Waals surface area contributed by atoms with Crippen molar-refractivity contribution in [1.29, 1.82) is 0 Å². The predicted octanol–water partition coefficient (Wildman–Crippen LogP) is 2.41. The maximum absolute atomic E-state index is 12.4. The number of carbonyl (C=O) groups is 2. The average Bonchev–Trinajstić information content (AvgIpc) is 2.97. The smallest absolute Gasteiger partial charge is 0.306 e. The third kappa shape index (κ3) is 5.08. The number of rotatable bonds is 4. The van der Waals surface area contributed by atoms with E-state index in [1.165, 1.54) is 0 Å².